The average Bonchev–Trinajstić information content (AvgIpc) is 3.01. The molecule has 9 heteroatoms. The molecule has 1 N–H and O–H groups in total. The Morgan fingerprint density at radius 2 is 1.84 bits per heavy atom. The number of hydrogen-bond acceptors (Lipinski definition) is 7. The van der Waals surface area contributed by atoms with Crippen molar-refractivity contribution >= 4 is 35.0 Å². The van der Waals surface area contributed by atoms with E-state index in [0.29, 0.717) is 17.1 Å². The van der Waals surface area contributed by atoms with E-state index in [1.807, 2.05) is 31.2 Å². The van der Waals surface area contributed by atoms with Gasteiger partial charge in [-0.1, -0.05) is 23.8 Å². The van der Waals surface area contributed by atoms with Gasteiger partial charge < -0.3 is 19.3 Å². The summed E-state index contributed by atoms with van der Waals surface area (Å²) in [5.74, 6) is -0.242. The molecule has 0 bridgehead atoms. The third-order valence-corrected chi connectivity index (χ3v) is 5.22. The molecule has 0 radical (unpaired) electrons. The summed E-state index contributed by atoms with van der Waals surface area (Å²) < 4.78 is 16.0. The van der Waals surface area contributed by atoms with Crippen LogP contribution in [-0.4, -0.2) is 54.0 Å². The predicted octanol–water partition coefficient (Wildman–Crippen LogP) is 3.58. The maximum Gasteiger partial charge on any atom is 0.341 e. The van der Waals surface area contributed by atoms with Crippen LogP contribution in [0.3, 0.4) is 0 Å². The van der Waals surface area contributed by atoms with Gasteiger partial charge in [-0.3, -0.25) is 14.5 Å². The molecular weight excluding hydrogens is 422 g/mol. The molecule has 3 rings (SSSR count). The highest BCUT2D eigenvalue weighted by atomic mass is 32.2. The second-order valence-electron chi connectivity index (χ2n) is 6.59. The van der Waals surface area contributed by atoms with E-state index >= 15 is 0 Å². The van der Waals surface area contributed by atoms with E-state index in [9.17, 15) is 14.4 Å². The molecular formula is C22H21NO7S. The second-order valence-corrected chi connectivity index (χ2v) is 7.58. The molecule has 2 aromatic carbocycles. The first-order valence-electron chi connectivity index (χ1n) is 9.35. The Morgan fingerprint density at radius 1 is 1.10 bits per heavy atom. The van der Waals surface area contributed by atoms with Gasteiger partial charge in [0.15, 0.2) is 18.1 Å². The van der Waals surface area contributed by atoms with Gasteiger partial charge >= 0.3 is 5.97 Å². The number of carboxylic acids is 1. The molecule has 0 spiro atoms. The number of aryl methyl sites for hydroxylation is 1. The van der Waals surface area contributed by atoms with Gasteiger partial charge in [-0.25, -0.2) is 4.79 Å². The van der Waals surface area contributed by atoms with Crippen LogP contribution in [0.4, 0.5) is 4.79 Å². The lowest BCUT2D eigenvalue weighted by Gasteiger charge is -2.13. The molecule has 1 fully saturated rings. The molecule has 0 atom stereocenters. The molecule has 1 aliphatic rings. The standard InChI is InChI=1S/C22H21NO7S/c1-14-3-6-16(7-4-14)29-10-9-23-21(26)19(31-22(23)27)12-15-5-8-17(18(11-15)28-2)30-13-20(24)25/h3-8,11-12H,9-10,13H2,1-2H3,(H,24,25). The normalized spacial score (nSPS) is 14.8. The first-order valence-corrected chi connectivity index (χ1v) is 10.2. The fourth-order valence-electron chi connectivity index (χ4n) is 2.77. The Kier molecular flexibility index (Phi) is 7.19. The highest BCUT2D eigenvalue weighted by molar-refractivity contribution is 8.18. The zero-order chi connectivity index (χ0) is 22.4. The maximum atomic E-state index is 12.6. The summed E-state index contributed by atoms with van der Waals surface area (Å²) >= 11 is 0.850. The molecule has 0 unspecified atom stereocenters. The molecule has 0 saturated carbocycles. The lowest BCUT2D eigenvalue weighted by atomic mass is 10.2. The zero-order valence-corrected chi connectivity index (χ0v) is 17.8. The first kappa shape index (κ1) is 22.2. The monoisotopic (exact) mass is 443 g/mol. The fraction of sp³-hybridized carbons (Fsp3) is 0.227. The van der Waals surface area contributed by atoms with Crippen molar-refractivity contribution in [1.82, 2.24) is 4.90 Å². The van der Waals surface area contributed by atoms with Gasteiger partial charge in [-0.2, -0.15) is 0 Å². The van der Waals surface area contributed by atoms with E-state index in [2.05, 4.69) is 0 Å². The van der Waals surface area contributed by atoms with Gasteiger partial charge in [0.1, 0.15) is 12.4 Å². The fourth-order valence-corrected chi connectivity index (χ4v) is 3.63. The molecule has 31 heavy (non-hydrogen) atoms. The number of amides is 2. The molecule has 2 amide bonds. The van der Waals surface area contributed by atoms with Crippen molar-refractivity contribution in [3.63, 3.8) is 0 Å². The summed E-state index contributed by atoms with van der Waals surface area (Å²) in [5, 5.41) is 8.37. The Morgan fingerprint density at radius 3 is 2.52 bits per heavy atom. The highest BCUT2D eigenvalue weighted by Gasteiger charge is 2.34. The van der Waals surface area contributed by atoms with E-state index in [-0.39, 0.29) is 29.0 Å². The SMILES string of the molecule is COc1cc(C=C2SC(=O)N(CCOc3ccc(C)cc3)C2=O)ccc1OCC(=O)O. The Hall–Kier alpha value is -3.46. The number of nitrogens with zero attached hydrogens (tertiary/aromatic N) is 1. The van der Waals surface area contributed by atoms with Gasteiger partial charge in [-0.15, -0.1) is 0 Å². The topological polar surface area (TPSA) is 102 Å². The van der Waals surface area contributed by atoms with Crippen LogP contribution in [0.15, 0.2) is 47.4 Å². The van der Waals surface area contributed by atoms with Crippen LogP contribution < -0.4 is 14.2 Å². The second kappa shape index (κ2) is 10.0. The summed E-state index contributed by atoms with van der Waals surface area (Å²) in [7, 11) is 1.43. The van der Waals surface area contributed by atoms with Crippen molar-refractivity contribution in [2.45, 2.75) is 6.92 Å². The third-order valence-electron chi connectivity index (χ3n) is 4.31. The van der Waals surface area contributed by atoms with Gasteiger partial charge in [0, 0.05) is 0 Å². The van der Waals surface area contributed by atoms with E-state index in [1.165, 1.54) is 7.11 Å². The highest BCUT2D eigenvalue weighted by Crippen LogP contribution is 2.34. The van der Waals surface area contributed by atoms with Crippen molar-refractivity contribution in [3.8, 4) is 17.2 Å². The van der Waals surface area contributed by atoms with E-state index in [1.54, 1.807) is 24.3 Å². The minimum atomic E-state index is -1.11. The van der Waals surface area contributed by atoms with Gasteiger partial charge in [0.05, 0.1) is 18.6 Å². The molecule has 0 aromatic heterocycles. The number of imide groups is 1. The van der Waals surface area contributed by atoms with Gasteiger partial charge in [-0.05, 0) is 54.6 Å². The van der Waals surface area contributed by atoms with Gasteiger partial charge in [0.25, 0.3) is 11.1 Å². The number of thioether (sulfide) groups is 1. The van der Waals surface area contributed by atoms with Crippen molar-refractivity contribution < 1.29 is 33.7 Å². The van der Waals surface area contributed by atoms with E-state index in [0.717, 1.165) is 22.2 Å². The number of carbonyl (C=O) groups is 3. The summed E-state index contributed by atoms with van der Waals surface area (Å²) in [6.45, 7) is 1.81. The maximum absolute atomic E-state index is 12.6. The van der Waals surface area contributed by atoms with E-state index in [4.69, 9.17) is 19.3 Å². The number of rotatable bonds is 9. The third kappa shape index (κ3) is 5.79. The number of hydrogen-bond donors (Lipinski definition) is 1. The summed E-state index contributed by atoms with van der Waals surface area (Å²) in [5.41, 5.74) is 1.72. The predicted molar refractivity (Wildman–Crippen MR) is 115 cm³/mol. The number of ether oxygens (including phenoxy) is 3. The Balaban J connectivity index is 1.65. The van der Waals surface area contributed by atoms with E-state index < -0.39 is 18.5 Å². The van der Waals surface area contributed by atoms with Crippen LogP contribution >= 0.6 is 11.8 Å². The zero-order valence-electron chi connectivity index (χ0n) is 17.0. The Labute approximate surface area is 183 Å². The largest absolute Gasteiger partial charge is 0.493 e. The lowest BCUT2D eigenvalue weighted by Crippen LogP contribution is -2.32. The van der Waals surface area contributed by atoms with Crippen LogP contribution in [0.1, 0.15) is 11.1 Å². The number of carbonyl (C=O) groups excluding carboxylic acids is 2. The van der Waals surface area contributed by atoms with Crippen molar-refractivity contribution in [2.24, 2.45) is 0 Å². The van der Waals surface area contributed by atoms with Crippen molar-refractivity contribution in [1.29, 1.82) is 0 Å². The van der Waals surface area contributed by atoms with Crippen LogP contribution in [0.5, 0.6) is 17.2 Å². The Bertz CT molecular complexity index is 1020. The molecule has 0 aliphatic carbocycles. The van der Waals surface area contributed by atoms with Gasteiger partial charge in [0.2, 0.25) is 0 Å². The summed E-state index contributed by atoms with van der Waals surface area (Å²) in [6, 6.07) is 12.3. The summed E-state index contributed by atoms with van der Waals surface area (Å²) in [6.07, 6.45) is 1.58. The van der Waals surface area contributed by atoms with Crippen molar-refractivity contribution in [3.05, 3.63) is 58.5 Å². The smallest absolute Gasteiger partial charge is 0.341 e. The molecule has 1 heterocycles. The molecule has 162 valence electrons. The molecule has 1 aliphatic heterocycles. The van der Waals surface area contributed by atoms with Crippen LogP contribution in [0.2, 0.25) is 0 Å². The molecule has 8 nitrogen and oxygen atoms in total. The van der Waals surface area contributed by atoms with Crippen LogP contribution in [0.25, 0.3) is 6.08 Å². The average molecular weight is 443 g/mol. The minimum Gasteiger partial charge on any atom is -0.493 e. The van der Waals surface area contributed by atoms with Crippen LogP contribution in [-0.2, 0) is 9.59 Å². The minimum absolute atomic E-state index is 0.140. The molecule has 2 aromatic rings. The summed E-state index contributed by atoms with van der Waals surface area (Å²) in [4.78, 5) is 37.0. The number of aliphatic carboxylic acids is 1. The lowest BCUT2D eigenvalue weighted by molar-refractivity contribution is -0.139. The number of benzene rings is 2. The van der Waals surface area contributed by atoms with Crippen molar-refractivity contribution in [2.75, 3.05) is 26.9 Å². The first-order chi connectivity index (χ1) is 14.9. The quantitative estimate of drug-likeness (QED) is 0.587. The van der Waals surface area contributed by atoms with Crippen LogP contribution in [0, 0.1) is 6.92 Å². The molecule has 1 saturated heterocycles. The number of carboxylic acid groups (broad SMARTS) is 1. The number of methoxy groups -OCH3 is 1.